The zero-order chi connectivity index (χ0) is 11.8. The molecular weight excluding hydrogens is 237 g/mol. The number of hydrogen-bond donors (Lipinski definition) is 0. The molecule has 0 N–H and O–H groups in total. The fourth-order valence-electron chi connectivity index (χ4n) is 1.93. The first kappa shape index (κ1) is 18.4. The Morgan fingerprint density at radius 3 is 1.94 bits per heavy atom. The fourth-order valence-corrected chi connectivity index (χ4v) is 1.93. The van der Waals surface area contributed by atoms with Crippen LogP contribution in [0.2, 0.25) is 0 Å². The van der Waals surface area contributed by atoms with Gasteiger partial charge in [0.25, 0.3) is 0 Å². The van der Waals surface area contributed by atoms with E-state index in [9.17, 15) is 4.79 Å². The summed E-state index contributed by atoms with van der Waals surface area (Å²) in [6.07, 6.45) is 5.48. The molecule has 1 saturated carbocycles. The van der Waals surface area contributed by atoms with Crippen molar-refractivity contribution >= 4 is 5.78 Å². The molecule has 93 valence electrons. The van der Waals surface area contributed by atoms with Crippen molar-refractivity contribution < 1.29 is 23.4 Å². The predicted molar refractivity (Wildman–Crippen MR) is 65.4 cm³/mol. The molecule has 1 aliphatic rings. The minimum Gasteiger partial charge on any atom is -0.340 e. The Bertz CT molecular complexity index is 171. The van der Waals surface area contributed by atoms with Gasteiger partial charge in [0.1, 0.15) is 0 Å². The van der Waals surface area contributed by atoms with Crippen molar-refractivity contribution in [3.8, 4) is 0 Å². The number of carbonyl (C=O) groups excluding carboxylic acids is 1. The molecule has 1 rings (SSSR count). The Hall–Kier alpha value is 0.0844. The van der Waals surface area contributed by atoms with Crippen LogP contribution in [0.1, 0.15) is 32.6 Å². The summed E-state index contributed by atoms with van der Waals surface area (Å²) in [7, 11) is 4.33. The third-order valence-corrected chi connectivity index (χ3v) is 2.59. The molecule has 0 spiro atoms. The molecule has 1 fully saturated rings. The van der Waals surface area contributed by atoms with Gasteiger partial charge in [-0.2, -0.15) is 5.92 Å². The molecule has 1 radical (unpaired) electrons. The summed E-state index contributed by atoms with van der Waals surface area (Å²) in [5, 5.41) is 0. The number of rotatable bonds is 2. The van der Waals surface area contributed by atoms with Crippen LogP contribution in [0.3, 0.4) is 0 Å². The van der Waals surface area contributed by atoms with E-state index in [1.807, 2.05) is 0 Å². The summed E-state index contributed by atoms with van der Waals surface area (Å²) in [6, 6.07) is 0. The molecular formula is C13H25NOV. The van der Waals surface area contributed by atoms with Crippen LogP contribution in [0.15, 0.2) is 0 Å². The van der Waals surface area contributed by atoms with Gasteiger partial charge in [-0.05, 0) is 32.7 Å². The summed E-state index contributed by atoms with van der Waals surface area (Å²) < 4.78 is 0. The van der Waals surface area contributed by atoms with Gasteiger partial charge in [-0.25, -0.2) is 0 Å². The predicted octanol–water partition coefficient (Wildman–Crippen LogP) is 2.60. The van der Waals surface area contributed by atoms with E-state index in [0.717, 1.165) is 11.8 Å². The Morgan fingerprint density at radius 2 is 1.62 bits per heavy atom. The van der Waals surface area contributed by atoms with Crippen LogP contribution in [0.4, 0.5) is 0 Å². The van der Waals surface area contributed by atoms with Crippen LogP contribution in [0, 0.1) is 25.7 Å². The smallest absolute Gasteiger partial charge is 0.340 e. The maximum absolute atomic E-state index is 9.33. The quantitative estimate of drug-likeness (QED) is 0.713. The topological polar surface area (TPSA) is 20.3 Å². The molecule has 16 heavy (non-hydrogen) atoms. The van der Waals surface area contributed by atoms with Crippen LogP contribution in [0.25, 0.3) is 0 Å². The SMILES string of the molecule is [CH2-]C(C)=O.[CH2-]C1CCC(CN(C)C)CC1.[V+2]. The van der Waals surface area contributed by atoms with Crippen LogP contribution in [-0.4, -0.2) is 31.3 Å². The number of ketones is 1. The first-order chi connectivity index (χ1) is 6.91. The van der Waals surface area contributed by atoms with E-state index in [2.05, 4.69) is 32.8 Å². The number of Topliss-reactive ketones (excluding diaryl/α,β-unsaturated/α-hetero) is 1. The number of carbonyl (C=O) groups is 1. The molecule has 0 saturated heterocycles. The summed E-state index contributed by atoms with van der Waals surface area (Å²) in [4.78, 5) is 11.6. The normalized spacial score (nSPS) is 24.1. The van der Waals surface area contributed by atoms with Crippen molar-refractivity contribution in [3.63, 3.8) is 0 Å². The first-order valence-corrected chi connectivity index (χ1v) is 5.72. The maximum Gasteiger partial charge on any atom is 2.00 e. The van der Waals surface area contributed by atoms with Gasteiger partial charge in [0.2, 0.25) is 0 Å². The van der Waals surface area contributed by atoms with E-state index in [1.165, 1.54) is 39.2 Å². The Balaban J connectivity index is 0. The maximum atomic E-state index is 9.33. The second-order valence-electron chi connectivity index (χ2n) is 4.85. The van der Waals surface area contributed by atoms with E-state index in [-0.39, 0.29) is 24.3 Å². The Labute approximate surface area is 113 Å². The molecule has 0 amide bonds. The standard InChI is InChI=1S/C10H20N.C3H5O.V/c1-9-4-6-10(7-5-9)8-11(2)3;1-3(2)4;/h9-10H,1,4-8H2,2-3H3;1H2,2H3;/q2*-1;+2. The summed E-state index contributed by atoms with van der Waals surface area (Å²) >= 11 is 0. The molecule has 3 heteroatoms. The largest absolute Gasteiger partial charge is 2.00 e. The average Bonchev–Trinajstić information content (AvgIpc) is 2.07. The number of nitrogens with zero attached hydrogens (tertiary/aromatic N) is 1. The average molecular weight is 262 g/mol. The van der Waals surface area contributed by atoms with Gasteiger partial charge in [0.15, 0.2) is 0 Å². The molecule has 0 heterocycles. The van der Waals surface area contributed by atoms with E-state index in [0.29, 0.717) is 0 Å². The van der Waals surface area contributed by atoms with Gasteiger partial charge < -0.3 is 23.5 Å². The zero-order valence-corrected chi connectivity index (χ0v) is 12.3. The second-order valence-corrected chi connectivity index (χ2v) is 4.85. The third-order valence-electron chi connectivity index (χ3n) is 2.59. The summed E-state index contributed by atoms with van der Waals surface area (Å²) in [5.41, 5.74) is 0. The van der Waals surface area contributed by atoms with Crippen LogP contribution in [-0.2, 0) is 23.4 Å². The van der Waals surface area contributed by atoms with Crippen molar-refractivity contribution in [2.45, 2.75) is 32.6 Å². The molecule has 0 bridgehead atoms. The molecule has 0 atom stereocenters. The Morgan fingerprint density at radius 1 is 1.25 bits per heavy atom. The van der Waals surface area contributed by atoms with Gasteiger partial charge in [-0.15, -0.1) is 0 Å². The monoisotopic (exact) mass is 262 g/mol. The van der Waals surface area contributed by atoms with Crippen molar-refractivity contribution in [1.29, 1.82) is 0 Å². The van der Waals surface area contributed by atoms with Crippen LogP contribution in [0.5, 0.6) is 0 Å². The molecule has 1 aliphatic carbocycles. The molecule has 0 unspecified atom stereocenters. The molecule has 2 nitrogen and oxygen atoms in total. The van der Waals surface area contributed by atoms with Crippen molar-refractivity contribution in [3.05, 3.63) is 13.8 Å². The van der Waals surface area contributed by atoms with Crippen LogP contribution < -0.4 is 0 Å². The van der Waals surface area contributed by atoms with E-state index < -0.39 is 0 Å². The summed E-state index contributed by atoms with van der Waals surface area (Å²) in [5.74, 6) is 1.61. The summed E-state index contributed by atoms with van der Waals surface area (Å²) in [6.45, 7) is 9.78. The van der Waals surface area contributed by atoms with E-state index in [1.54, 1.807) is 0 Å². The number of hydrogen-bond acceptors (Lipinski definition) is 2. The Kier molecular flexibility index (Phi) is 11.8. The van der Waals surface area contributed by atoms with Gasteiger partial charge in [0.05, 0.1) is 0 Å². The van der Waals surface area contributed by atoms with Crippen molar-refractivity contribution in [2.24, 2.45) is 11.8 Å². The van der Waals surface area contributed by atoms with Gasteiger partial charge in [0, 0.05) is 6.54 Å². The minimum atomic E-state index is -0.0833. The van der Waals surface area contributed by atoms with E-state index >= 15 is 0 Å². The zero-order valence-electron chi connectivity index (χ0n) is 10.9. The molecule has 0 aromatic heterocycles. The van der Waals surface area contributed by atoms with E-state index in [4.69, 9.17) is 0 Å². The fraction of sp³-hybridized carbons (Fsp3) is 0.769. The third kappa shape index (κ3) is 12.2. The molecule has 0 aliphatic heterocycles. The first-order valence-electron chi connectivity index (χ1n) is 5.72. The minimum absolute atomic E-state index is 0. The van der Waals surface area contributed by atoms with Gasteiger partial charge in [-0.1, -0.05) is 25.7 Å². The van der Waals surface area contributed by atoms with Crippen molar-refractivity contribution in [1.82, 2.24) is 4.90 Å². The van der Waals surface area contributed by atoms with Gasteiger partial charge in [-0.3, -0.25) is 0 Å². The van der Waals surface area contributed by atoms with Gasteiger partial charge >= 0.3 is 18.6 Å². The molecule has 0 aromatic carbocycles. The van der Waals surface area contributed by atoms with Crippen molar-refractivity contribution in [2.75, 3.05) is 20.6 Å². The van der Waals surface area contributed by atoms with Crippen LogP contribution >= 0.6 is 0 Å². The molecule has 0 aromatic rings. The second kappa shape index (κ2) is 10.3.